The standard InChI is InChI=1S/C10H11F3N2O/c11-10(12,13)8-4-3-5-9(16)15(8)7-2-1-6-14/h1-5H,6-7,14H2/b2-1+. The van der Waals surface area contributed by atoms with Crippen molar-refractivity contribution in [2.24, 2.45) is 5.73 Å². The van der Waals surface area contributed by atoms with Crippen LogP contribution in [0.3, 0.4) is 0 Å². The summed E-state index contributed by atoms with van der Waals surface area (Å²) in [6.07, 6.45) is -1.60. The lowest BCUT2D eigenvalue weighted by Crippen LogP contribution is -2.26. The van der Waals surface area contributed by atoms with Gasteiger partial charge in [0, 0.05) is 19.2 Å². The minimum atomic E-state index is -4.53. The summed E-state index contributed by atoms with van der Waals surface area (Å²) in [5.41, 5.74) is 3.52. The van der Waals surface area contributed by atoms with Gasteiger partial charge in [-0.1, -0.05) is 18.2 Å². The largest absolute Gasteiger partial charge is 0.431 e. The number of rotatable bonds is 3. The smallest absolute Gasteiger partial charge is 0.327 e. The number of allylic oxidation sites excluding steroid dienone is 1. The molecule has 0 aliphatic rings. The van der Waals surface area contributed by atoms with Crippen molar-refractivity contribution in [1.29, 1.82) is 0 Å². The highest BCUT2D eigenvalue weighted by Crippen LogP contribution is 2.27. The lowest BCUT2D eigenvalue weighted by Gasteiger charge is -2.13. The van der Waals surface area contributed by atoms with E-state index >= 15 is 0 Å². The van der Waals surface area contributed by atoms with Crippen LogP contribution >= 0.6 is 0 Å². The summed E-state index contributed by atoms with van der Waals surface area (Å²) in [5.74, 6) is 0. The topological polar surface area (TPSA) is 48.0 Å². The second-order valence-corrected chi connectivity index (χ2v) is 3.06. The average molecular weight is 232 g/mol. The molecule has 0 saturated carbocycles. The van der Waals surface area contributed by atoms with Gasteiger partial charge in [0.1, 0.15) is 5.69 Å². The molecular formula is C10H11F3N2O. The van der Waals surface area contributed by atoms with Crippen LogP contribution in [-0.4, -0.2) is 11.1 Å². The normalized spacial score (nSPS) is 12.2. The van der Waals surface area contributed by atoms with Gasteiger partial charge in [-0.25, -0.2) is 0 Å². The fourth-order valence-electron chi connectivity index (χ4n) is 1.23. The molecule has 0 spiro atoms. The Kier molecular flexibility index (Phi) is 3.89. The van der Waals surface area contributed by atoms with Gasteiger partial charge in [-0.3, -0.25) is 4.79 Å². The summed E-state index contributed by atoms with van der Waals surface area (Å²) in [5, 5.41) is 0. The highest BCUT2D eigenvalue weighted by Gasteiger charge is 2.33. The molecule has 1 aromatic heterocycles. The summed E-state index contributed by atoms with van der Waals surface area (Å²) >= 11 is 0. The zero-order chi connectivity index (χ0) is 12.2. The Balaban J connectivity index is 3.14. The number of nitrogens with two attached hydrogens (primary N) is 1. The SMILES string of the molecule is NC/C=C/Cn1c(C(F)(F)F)cccc1=O. The monoisotopic (exact) mass is 232 g/mol. The fourth-order valence-corrected chi connectivity index (χ4v) is 1.23. The van der Waals surface area contributed by atoms with Gasteiger partial charge in [0.25, 0.3) is 5.56 Å². The van der Waals surface area contributed by atoms with E-state index in [1.165, 1.54) is 12.2 Å². The molecule has 6 heteroatoms. The molecule has 0 saturated heterocycles. The van der Waals surface area contributed by atoms with E-state index in [4.69, 9.17) is 5.73 Å². The van der Waals surface area contributed by atoms with E-state index in [-0.39, 0.29) is 13.1 Å². The average Bonchev–Trinajstić information content (AvgIpc) is 2.19. The van der Waals surface area contributed by atoms with Crippen LogP contribution in [0.2, 0.25) is 0 Å². The Bertz CT molecular complexity index is 434. The van der Waals surface area contributed by atoms with E-state index in [1.807, 2.05) is 0 Å². The van der Waals surface area contributed by atoms with Gasteiger partial charge in [-0.15, -0.1) is 0 Å². The second-order valence-electron chi connectivity index (χ2n) is 3.06. The molecule has 0 atom stereocenters. The molecule has 3 nitrogen and oxygen atoms in total. The maximum absolute atomic E-state index is 12.5. The molecule has 0 amide bonds. The Morgan fingerprint density at radius 1 is 1.31 bits per heavy atom. The molecule has 0 aromatic carbocycles. The van der Waals surface area contributed by atoms with Crippen molar-refractivity contribution < 1.29 is 13.2 Å². The fraction of sp³-hybridized carbons (Fsp3) is 0.300. The van der Waals surface area contributed by atoms with Gasteiger partial charge in [0.15, 0.2) is 0 Å². The van der Waals surface area contributed by atoms with Gasteiger partial charge in [-0.2, -0.15) is 13.2 Å². The van der Waals surface area contributed by atoms with Crippen LogP contribution in [0.25, 0.3) is 0 Å². The number of hydrogen-bond acceptors (Lipinski definition) is 2. The van der Waals surface area contributed by atoms with E-state index in [0.29, 0.717) is 4.57 Å². The quantitative estimate of drug-likeness (QED) is 0.800. The van der Waals surface area contributed by atoms with Crippen molar-refractivity contribution in [1.82, 2.24) is 4.57 Å². The first-order chi connectivity index (χ1) is 7.46. The van der Waals surface area contributed by atoms with Crippen LogP contribution in [0, 0.1) is 0 Å². The molecule has 1 aromatic rings. The lowest BCUT2D eigenvalue weighted by atomic mass is 10.3. The van der Waals surface area contributed by atoms with Gasteiger partial charge in [0.2, 0.25) is 0 Å². The minimum Gasteiger partial charge on any atom is -0.327 e. The van der Waals surface area contributed by atoms with E-state index in [9.17, 15) is 18.0 Å². The molecule has 0 aliphatic heterocycles. The van der Waals surface area contributed by atoms with Crippen LogP contribution in [0.15, 0.2) is 35.1 Å². The predicted molar refractivity (Wildman–Crippen MR) is 53.9 cm³/mol. The third kappa shape index (κ3) is 2.96. The van der Waals surface area contributed by atoms with Crippen molar-refractivity contribution >= 4 is 0 Å². The zero-order valence-corrected chi connectivity index (χ0v) is 8.37. The summed E-state index contributed by atoms with van der Waals surface area (Å²) in [6.45, 7) is 0.0919. The van der Waals surface area contributed by atoms with Crippen LogP contribution in [0.1, 0.15) is 5.69 Å². The van der Waals surface area contributed by atoms with E-state index in [2.05, 4.69) is 0 Å². The van der Waals surface area contributed by atoms with Crippen molar-refractivity contribution in [2.75, 3.05) is 6.54 Å². The number of alkyl halides is 3. The number of halogens is 3. The van der Waals surface area contributed by atoms with Gasteiger partial charge >= 0.3 is 6.18 Å². The predicted octanol–water partition coefficient (Wildman–Crippen LogP) is 1.38. The molecule has 0 radical (unpaired) electrons. The van der Waals surface area contributed by atoms with Gasteiger partial charge in [-0.05, 0) is 6.07 Å². The Labute approximate surface area is 90.0 Å². The summed E-state index contributed by atoms with van der Waals surface area (Å²) < 4.78 is 38.2. The third-order valence-corrected chi connectivity index (χ3v) is 1.93. The van der Waals surface area contributed by atoms with Crippen molar-refractivity contribution in [3.05, 3.63) is 46.4 Å². The van der Waals surface area contributed by atoms with Gasteiger partial charge < -0.3 is 10.3 Å². The first-order valence-electron chi connectivity index (χ1n) is 4.59. The van der Waals surface area contributed by atoms with Crippen molar-refractivity contribution in [2.45, 2.75) is 12.7 Å². The van der Waals surface area contributed by atoms with Gasteiger partial charge in [0.05, 0.1) is 0 Å². The molecular weight excluding hydrogens is 221 g/mol. The van der Waals surface area contributed by atoms with Crippen molar-refractivity contribution in [3.8, 4) is 0 Å². The molecule has 0 bridgehead atoms. The number of pyridine rings is 1. The minimum absolute atomic E-state index is 0.133. The highest BCUT2D eigenvalue weighted by molar-refractivity contribution is 5.11. The Morgan fingerprint density at radius 2 is 2.00 bits per heavy atom. The van der Waals surface area contributed by atoms with Crippen LogP contribution in [-0.2, 0) is 12.7 Å². The summed E-state index contributed by atoms with van der Waals surface area (Å²) in [7, 11) is 0. The molecule has 1 heterocycles. The van der Waals surface area contributed by atoms with E-state index in [1.54, 1.807) is 0 Å². The molecule has 16 heavy (non-hydrogen) atoms. The molecule has 0 unspecified atom stereocenters. The van der Waals surface area contributed by atoms with Crippen molar-refractivity contribution in [3.63, 3.8) is 0 Å². The summed E-state index contributed by atoms with van der Waals surface area (Å²) in [6, 6.07) is 3.05. The maximum atomic E-state index is 12.5. The molecule has 88 valence electrons. The lowest BCUT2D eigenvalue weighted by molar-refractivity contribution is -0.144. The zero-order valence-electron chi connectivity index (χ0n) is 8.37. The number of nitrogens with zero attached hydrogens (tertiary/aromatic N) is 1. The van der Waals surface area contributed by atoms with Crippen LogP contribution in [0.5, 0.6) is 0 Å². The first kappa shape index (κ1) is 12.5. The van der Waals surface area contributed by atoms with Crippen LogP contribution < -0.4 is 11.3 Å². The summed E-state index contributed by atoms with van der Waals surface area (Å²) in [4.78, 5) is 11.3. The maximum Gasteiger partial charge on any atom is 0.431 e. The molecule has 0 aliphatic carbocycles. The second kappa shape index (κ2) is 4.98. The Hall–Kier alpha value is -1.56. The number of aromatic nitrogens is 1. The van der Waals surface area contributed by atoms with E-state index < -0.39 is 17.4 Å². The highest BCUT2D eigenvalue weighted by atomic mass is 19.4. The molecule has 0 fully saturated rings. The third-order valence-electron chi connectivity index (χ3n) is 1.93. The molecule has 1 rings (SSSR count). The Morgan fingerprint density at radius 3 is 2.56 bits per heavy atom. The molecule has 2 N–H and O–H groups in total. The van der Waals surface area contributed by atoms with E-state index in [0.717, 1.165) is 18.2 Å². The van der Waals surface area contributed by atoms with Crippen LogP contribution in [0.4, 0.5) is 13.2 Å². The number of hydrogen-bond donors (Lipinski definition) is 1. The first-order valence-corrected chi connectivity index (χ1v) is 4.59.